The third-order valence-electron chi connectivity index (χ3n) is 3.89. The van der Waals surface area contributed by atoms with Crippen molar-refractivity contribution in [3.8, 4) is 0 Å². The molecule has 1 aromatic rings. The highest BCUT2D eigenvalue weighted by Crippen LogP contribution is 2.26. The van der Waals surface area contributed by atoms with Crippen LogP contribution in [0, 0.1) is 11.8 Å². The molecule has 20 heavy (non-hydrogen) atoms. The topological polar surface area (TPSA) is 46.2 Å². The lowest BCUT2D eigenvalue weighted by molar-refractivity contribution is 0.538. The molecule has 0 aromatic heterocycles. The molecule has 2 unspecified atom stereocenters. The van der Waals surface area contributed by atoms with Gasteiger partial charge in [-0.2, -0.15) is 0 Å². The first-order valence-electron chi connectivity index (χ1n) is 7.48. The quantitative estimate of drug-likeness (QED) is 0.905. The van der Waals surface area contributed by atoms with Crippen LogP contribution in [0.25, 0.3) is 0 Å². The zero-order valence-corrected chi connectivity index (χ0v) is 13.4. The Morgan fingerprint density at radius 1 is 1.20 bits per heavy atom. The lowest BCUT2D eigenvalue weighted by Gasteiger charge is -2.13. The van der Waals surface area contributed by atoms with E-state index >= 15 is 0 Å². The van der Waals surface area contributed by atoms with E-state index in [1.54, 1.807) is 12.1 Å². The number of sulfonamides is 1. The maximum atomic E-state index is 12.3. The van der Waals surface area contributed by atoms with Crippen LogP contribution in [0.1, 0.15) is 45.6 Å². The van der Waals surface area contributed by atoms with Crippen molar-refractivity contribution in [2.24, 2.45) is 11.8 Å². The number of rotatable bonds is 5. The molecule has 2 rings (SSSR count). The number of hydrogen-bond donors (Lipinski definition) is 1. The highest BCUT2D eigenvalue weighted by atomic mass is 32.2. The summed E-state index contributed by atoms with van der Waals surface area (Å²) >= 11 is 0. The summed E-state index contributed by atoms with van der Waals surface area (Å²) in [6, 6.07) is 7.39. The monoisotopic (exact) mass is 295 g/mol. The summed E-state index contributed by atoms with van der Waals surface area (Å²) in [5, 5.41) is 0. The van der Waals surface area contributed by atoms with Crippen molar-refractivity contribution in [1.82, 2.24) is 4.72 Å². The van der Waals surface area contributed by atoms with Crippen molar-refractivity contribution in [2.45, 2.75) is 57.4 Å². The third-order valence-corrected chi connectivity index (χ3v) is 5.43. The zero-order valence-electron chi connectivity index (χ0n) is 12.6. The predicted molar refractivity (Wildman–Crippen MR) is 82.1 cm³/mol. The van der Waals surface area contributed by atoms with Gasteiger partial charge in [-0.15, -0.1) is 0 Å². The number of benzene rings is 1. The molecule has 0 bridgehead atoms. The molecule has 1 fully saturated rings. The molecule has 1 aromatic carbocycles. The third kappa shape index (κ3) is 4.06. The molecule has 1 aliphatic carbocycles. The molecule has 3 nitrogen and oxygen atoms in total. The minimum Gasteiger partial charge on any atom is -0.208 e. The molecule has 0 heterocycles. The van der Waals surface area contributed by atoms with Gasteiger partial charge in [0, 0.05) is 6.04 Å². The van der Waals surface area contributed by atoms with E-state index in [9.17, 15) is 8.42 Å². The van der Waals surface area contributed by atoms with Crippen LogP contribution in [0.15, 0.2) is 29.2 Å². The van der Waals surface area contributed by atoms with Gasteiger partial charge in [0.2, 0.25) is 10.0 Å². The van der Waals surface area contributed by atoms with Crippen LogP contribution in [0.2, 0.25) is 0 Å². The number of nitrogens with one attached hydrogen (secondary N) is 1. The minimum absolute atomic E-state index is 0.102. The molecule has 2 atom stereocenters. The van der Waals surface area contributed by atoms with Gasteiger partial charge < -0.3 is 0 Å². The van der Waals surface area contributed by atoms with Gasteiger partial charge in [-0.25, -0.2) is 13.1 Å². The van der Waals surface area contributed by atoms with Crippen molar-refractivity contribution in [3.63, 3.8) is 0 Å². The molecule has 1 saturated carbocycles. The maximum absolute atomic E-state index is 12.3. The van der Waals surface area contributed by atoms with E-state index < -0.39 is 10.0 Å². The average Bonchev–Trinajstić information content (AvgIpc) is 2.74. The van der Waals surface area contributed by atoms with Crippen LogP contribution < -0.4 is 4.72 Å². The van der Waals surface area contributed by atoms with E-state index in [0.717, 1.165) is 25.7 Å². The molecule has 0 radical (unpaired) electrons. The Bertz CT molecular complexity index is 534. The van der Waals surface area contributed by atoms with Gasteiger partial charge in [0.1, 0.15) is 0 Å². The molecule has 1 aliphatic rings. The van der Waals surface area contributed by atoms with Crippen LogP contribution in [0.3, 0.4) is 0 Å². The summed E-state index contributed by atoms with van der Waals surface area (Å²) in [6.45, 7) is 6.50. The van der Waals surface area contributed by atoms with E-state index in [1.165, 1.54) is 5.56 Å². The van der Waals surface area contributed by atoms with E-state index in [-0.39, 0.29) is 6.04 Å². The van der Waals surface area contributed by atoms with Crippen LogP contribution in [0.5, 0.6) is 0 Å². The maximum Gasteiger partial charge on any atom is 0.240 e. The minimum atomic E-state index is -3.36. The summed E-state index contributed by atoms with van der Waals surface area (Å²) in [4.78, 5) is 0.379. The Morgan fingerprint density at radius 3 is 2.35 bits per heavy atom. The molecule has 0 amide bonds. The average molecular weight is 295 g/mol. The fourth-order valence-corrected chi connectivity index (χ4v) is 4.16. The Balaban J connectivity index is 2.05. The largest absolute Gasteiger partial charge is 0.240 e. The fourth-order valence-electron chi connectivity index (χ4n) is 2.88. The molecule has 4 heteroatoms. The zero-order chi connectivity index (χ0) is 14.8. The summed E-state index contributed by atoms with van der Waals surface area (Å²) in [6.07, 6.45) is 3.99. The summed E-state index contributed by atoms with van der Waals surface area (Å²) in [5.74, 6) is 1.20. The Hall–Kier alpha value is -0.870. The lowest BCUT2D eigenvalue weighted by atomic mass is 10.0. The van der Waals surface area contributed by atoms with Crippen LogP contribution in [-0.2, 0) is 16.4 Å². The van der Waals surface area contributed by atoms with Crippen molar-refractivity contribution >= 4 is 10.0 Å². The van der Waals surface area contributed by atoms with Gasteiger partial charge in [-0.3, -0.25) is 0 Å². The van der Waals surface area contributed by atoms with Gasteiger partial charge in [-0.1, -0.05) is 32.9 Å². The van der Waals surface area contributed by atoms with Crippen molar-refractivity contribution in [3.05, 3.63) is 29.8 Å². The van der Waals surface area contributed by atoms with Crippen LogP contribution in [0.4, 0.5) is 0 Å². The van der Waals surface area contributed by atoms with Gasteiger partial charge in [-0.05, 0) is 55.2 Å². The number of hydrogen-bond acceptors (Lipinski definition) is 2. The van der Waals surface area contributed by atoms with Crippen molar-refractivity contribution in [1.29, 1.82) is 0 Å². The second-order valence-electron chi connectivity index (χ2n) is 6.48. The summed E-state index contributed by atoms with van der Waals surface area (Å²) < 4.78 is 27.5. The fraction of sp³-hybridized carbons (Fsp3) is 0.625. The molecule has 0 spiro atoms. The van der Waals surface area contributed by atoms with Crippen LogP contribution in [-0.4, -0.2) is 14.5 Å². The first-order chi connectivity index (χ1) is 9.37. The molecular weight excluding hydrogens is 270 g/mol. The molecule has 1 N–H and O–H groups in total. The van der Waals surface area contributed by atoms with E-state index in [1.807, 2.05) is 12.1 Å². The van der Waals surface area contributed by atoms with Crippen molar-refractivity contribution in [2.75, 3.05) is 0 Å². The highest BCUT2D eigenvalue weighted by molar-refractivity contribution is 7.89. The van der Waals surface area contributed by atoms with Gasteiger partial charge in [0.05, 0.1) is 4.90 Å². The standard InChI is InChI=1S/C16H25NO2S/c1-12(2)10-14-5-8-16(9-6-14)20(18,19)17-15-7-4-13(3)11-15/h5-6,8-9,12-13,15,17H,4,7,10-11H2,1-3H3. The first-order valence-corrected chi connectivity index (χ1v) is 8.96. The second kappa shape index (κ2) is 6.27. The molecule has 0 saturated heterocycles. The molecule has 0 aliphatic heterocycles. The van der Waals surface area contributed by atoms with Gasteiger partial charge in [0.25, 0.3) is 0 Å². The molecular formula is C16H25NO2S. The van der Waals surface area contributed by atoms with E-state index in [0.29, 0.717) is 16.7 Å². The first kappa shape index (κ1) is 15.5. The summed E-state index contributed by atoms with van der Waals surface area (Å²) in [7, 11) is -3.36. The predicted octanol–water partition coefficient (Wildman–Crippen LogP) is 3.35. The van der Waals surface area contributed by atoms with E-state index in [4.69, 9.17) is 0 Å². The molecule has 112 valence electrons. The smallest absolute Gasteiger partial charge is 0.208 e. The second-order valence-corrected chi connectivity index (χ2v) is 8.19. The van der Waals surface area contributed by atoms with Crippen LogP contribution >= 0.6 is 0 Å². The highest BCUT2D eigenvalue weighted by Gasteiger charge is 2.26. The normalized spacial score (nSPS) is 23.4. The Labute approximate surface area is 122 Å². The Kier molecular flexibility index (Phi) is 4.86. The van der Waals surface area contributed by atoms with E-state index in [2.05, 4.69) is 25.5 Å². The van der Waals surface area contributed by atoms with Gasteiger partial charge >= 0.3 is 0 Å². The Morgan fingerprint density at radius 2 is 1.85 bits per heavy atom. The van der Waals surface area contributed by atoms with Crippen molar-refractivity contribution < 1.29 is 8.42 Å². The van der Waals surface area contributed by atoms with Gasteiger partial charge in [0.15, 0.2) is 0 Å². The SMILES string of the molecule is CC(C)Cc1ccc(S(=O)(=O)NC2CCC(C)C2)cc1. The lowest BCUT2D eigenvalue weighted by Crippen LogP contribution is -2.32. The summed E-state index contributed by atoms with van der Waals surface area (Å²) in [5.41, 5.74) is 1.19.